The van der Waals surface area contributed by atoms with Crippen molar-refractivity contribution in [1.29, 1.82) is 0 Å². The van der Waals surface area contributed by atoms with Crippen LogP contribution in [0.4, 0.5) is 4.39 Å². The van der Waals surface area contributed by atoms with Gasteiger partial charge in [0.2, 0.25) is 5.91 Å². The molecule has 3 aromatic rings. The minimum atomic E-state index is -0.347. The summed E-state index contributed by atoms with van der Waals surface area (Å²) < 4.78 is 14.4. The van der Waals surface area contributed by atoms with Crippen LogP contribution in [-0.4, -0.2) is 27.0 Å². The number of benzene rings is 1. The highest BCUT2D eigenvalue weighted by atomic mass is 19.1. The number of aromatic nitrogens is 3. The van der Waals surface area contributed by atoms with Crippen LogP contribution in [0.2, 0.25) is 0 Å². The van der Waals surface area contributed by atoms with E-state index in [1.54, 1.807) is 36.7 Å². The Morgan fingerprint density at radius 2 is 2.04 bits per heavy atom. The number of pyridine rings is 1. The summed E-state index contributed by atoms with van der Waals surface area (Å²) in [5, 5.41) is 2.71. The van der Waals surface area contributed by atoms with Crippen LogP contribution in [0, 0.1) is 5.82 Å². The van der Waals surface area contributed by atoms with Crippen molar-refractivity contribution in [2.45, 2.75) is 6.54 Å². The normalized spacial score (nSPS) is 10.9. The van der Waals surface area contributed by atoms with Gasteiger partial charge in [-0.15, -0.1) is 0 Å². The number of carbonyl (C=O) groups excluding carboxylic acids is 1. The van der Waals surface area contributed by atoms with E-state index < -0.39 is 0 Å². The third-order valence-corrected chi connectivity index (χ3v) is 3.78. The maximum absolute atomic E-state index is 13.0. The largest absolute Gasteiger partial charge is 0.351 e. The van der Waals surface area contributed by atoms with Crippen molar-refractivity contribution in [2.75, 3.05) is 6.54 Å². The fraction of sp³-hybridized carbons (Fsp3) is 0.100. The van der Waals surface area contributed by atoms with E-state index >= 15 is 0 Å². The number of hydrogen-bond acceptors (Lipinski definition) is 4. The molecule has 0 radical (unpaired) electrons. The number of amides is 1. The Bertz CT molecular complexity index is 998. The number of nitrogens with one attached hydrogen (secondary N) is 1. The predicted octanol–water partition coefficient (Wildman–Crippen LogP) is 2.27. The van der Waals surface area contributed by atoms with Crippen molar-refractivity contribution in [1.82, 2.24) is 19.9 Å². The van der Waals surface area contributed by atoms with E-state index in [0.29, 0.717) is 17.8 Å². The van der Waals surface area contributed by atoms with E-state index in [4.69, 9.17) is 0 Å². The molecule has 1 N–H and O–H groups in total. The summed E-state index contributed by atoms with van der Waals surface area (Å²) in [5.41, 5.74) is 1.71. The van der Waals surface area contributed by atoms with Gasteiger partial charge in [0, 0.05) is 43.2 Å². The maximum Gasteiger partial charge on any atom is 0.253 e. The topological polar surface area (TPSA) is 76.9 Å². The molecule has 136 valence electrons. The maximum atomic E-state index is 13.0. The van der Waals surface area contributed by atoms with Crippen LogP contribution in [0.5, 0.6) is 0 Å². The van der Waals surface area contributed by atoms with Crippen LogP contribution < -0.4 is 10.9 Å². The van der Waals surface area contributed by atoms with Crippen LogP contribution in [-0.2, 0) is 11.3 Å². The highest BCUT2D eigenvalue weighted by Crippen LogP contribution is 2.14. The molecule has 0 spiro atoms. The molecule has 27 heavy (non-hydrogen) atoms. The summed E-state index contributed by atoms with van der Waals surface area (Å²) in [4.78, 5) is 32.2. The highest BCUT2D eigenvalue weighted by molar-refractivity contribution is 5.91. The molecule has 3 rings (SSSR count). The first-order valence-corrected chi connectivity index (χ1v) is 8.30. The Morgan fingerprint density at radius 1 is 1.22 bits per heavy atom. The molecular weight excluding hydrogens is 347 g/mol. The average molecular weight is 364 g/mol. The van der Waals surface area contributed by atoms with Crippen molar-refractivity contribution in [3.63, 3.8) is 0 Å². The summed E-state index contributed by atoms with van der Waals surface area (Å²) in [5.74, 6) is -0.608. The molecule has 6 nitrogen and oxygen atoms in total. The second-order valence-electron chi connectivity index (χ2n) is 5.72. The van der Waals surface area contributed by atoms with Gasteiger partial charge in [0.15, 0.2) is 0 Å². The van der Waals surface area contributed by atoms with Crippen LogP contribution in [0.3, 0.4) is 0 Å². The zero-order valence-corrected chi connectivity index (χ0v) is 14.4. The zero-order valence-electron chi connectivity index (χ0n) is 14.4. The molecule has 0 aliphatic carbocycles. The SMILES string of the molecule is O=C(/C=C/c1cccnc1)NCCn1cnc(-c2ccc(F)cc2)cc1=O. The minimum Gasteiger partial charge on any atom is -0.351 e. The lowest BCUT2D eigenvalue weighted by molar-refractivity contribution is -0.116. The van der Waals surface area contributed by atoms with Gasteiger partial charge in [-0.25, -0.2) is 9.37 Å². The summed E-state index contributed by atoms with van der Waals surface area (Å²) in [6.07, 6.45) is 7.80. The zero-order chi connectivity index (χ0) is 19.1. The third-order valence-electron chi connectivity index (χ3n) is 3.78. The van der Waals surface area contributed by atoms with Crippen LogP contribution in [0.15, 0.2) is 72.1 Å². The number of nitrogens with zero attached hydrogens (tertiary/aromatic N) is 3. The molecule has 0 saturated carbocycles. The van der Waals surface area contributed by atoms with Crippen LogP contribution in [0.1, 0.15) is 5.56 Å². The first kappa shape index (κ1) is 18.2. The fourth-order valence-electron chi connectivity index (χ4n) is 2.38. The average Bonchev–Trinajstić information content (AvgIpc) is 2.69. The van der Waals surface area contributed by atoms with Crippen LogP contribution in [0.25, 0.3) is 17.3 Å². The van der Waals surface area contributed by atoms with Crippen molar-refractivity contribution >= 4 is 12.0 Å². The lowest BCUT2D eigenvalue weighted by atomic mass is 10.1. The van der Waals surface area contributed by atoms with Gasteiger partial charge < -0.3 is 5.32 Å². The highest BCUT2D eigenvalue weighted by Gasteiger charge is 2.04. The van der Waals surface area contributed by atoms with Gasteiger partial charge in [0.05, 0.1) is 12.0 Å². The molecule has 2 heterocycles. The Labute approximate surface area is 155 Å². The van der Waals surface area contributed by atoms with E-state index in [9.17, 15) is 14.0 Å². The smallest absolute Gasteiger partial charge is 0.253 e. The second-order valence-corrected chi connectivity index (χ2v) is 5.72. The van der Waals surface area contributed by atoms with E-state index in [0.717, 1.165) is 5.56 Å². The number of rotatable bonds is 6. The van der Waals surface area contributed by atoms with E-state index in [2.05, 4.69) is 15.3 Å². The Kier molecular flexibility index (Phi) is 5.84. The van der Waals surface area contributed by atoms with Gasteiger partial charge in [0.1, 0.15) is 5.82 Å². The summed E-state index contributed by atoms with van der Waals surface area (Å²) in [6.45, 7) is 0.579. The number of hydrogen-bond donors (Lipinski definition) is 1. The molecule has 0 fully saturated rings. The molecule has 1 aromatic carbocycles. The first-order valence-electron chi connectivity index (χ1n) is 8.30. The first-order chi connectivity index (χ1) is 13.1. The van der Waals surface area contributed by atoms with Gasteiger partial charge >= 0.3 is 0 Å². The summed E-state index contributed by atoms with van der Waals surface area (Å²) >= 11 is 0. The fourth-order valence-corrected chi connectivity index (χ4v) is 2.38. The van der Waals surface area contributed by atoms with Crippen molar-refractivity contribution < 1.29 is 9.18 Å². The molecule has 0 unspecified atom stereocenters. The Morgan fingerprint density at radius 3 is 2.74 bits per heavy atom. The van der Waals surface area contributed by atoms with Gasteiger partial charge in [-0.05, 0) is 42.0 Å². The number of halogens is 1. The predicted molar refractivity (Wildman–Crippen MR) is 100 cm³/mol. The standard InChI is InChI=1S/C20H17FN4O2/c21-17-6-4-16(5-7-17)18-12-20(27)25(14-24-18)11-10-23-19(26)8-3-15-2-1-9-22-13-15/h1-9,12-14H,10-11H2,(H,23,26)/b8-3+. The minimum absolute atomic E-state index is 0.246. The van der Waals surface area contributed by atoms with Gasteiger partial charge in [0.25, 0.3) is 5.56 Å². The second kappa shape index (κ2) is 8.66. The van der Waals surface area contributed by atoms with Crippen molar-refractivity contribution in [2.24, 2.45) is 0 Å². The third kappa shape index (κ3) is 5.18. The molecule has 0 saturated heterocycles. The van der Waals surface area contributed by atoms with E-state index in [1.807, 2.05) is 6.07 Å². The molecular formula is C20H17FN4O2. The molecule has 0 atom stereocenters. The van der Waals surface area contributed by atoms with Gasteiger partial charge in [-0.1, -0.05) is 6.07 Å². The van der Waals surface area contributed by atoms with Crippen LogP contribution >= 0.6 is 0 Å². The van der Waals surface area contributed by atoms with Gasteiger partial charge in [-0.3, -0.25) is 19.1 Å². The van der Waals surface area contributed by atoms with Crippen molar-refractivity contribution in [3.8, 4) is 11.3 Å². The molecule has 2 aromatic heterocycles. The lowest BCUT2D eigenvalue weighted by Gasteiger charge is -2.07. The lowest BCUT2D eigenvalue weighted by Crippen LogP contribution is -2.29. The molecule has 7 heteroatoms. The van der Waals surface area contributed by atoms with Gasteiger partial charge in [-0.2, -0.15) is 0 Å². The Balaban J connectivity index is 1.55. The van der Waals surface area contributed by atoms with Crippen molar-refractivity contribution in [3.05, 3.63) is 89.0 Å². The molecule has 0 aliphatic rings. The summed E-state index contributed by atoms with van der Waals surface area (Å²) in [6, 6.07) is 10.8. The monoisotopic (exact) mass is 364 g/mol. The van der Waals surface area contributed by atoms with E-state index in [-0.39, 0.29) is 23.8 Å². The summed E-state index contributed by atoms with van der Waals surface area (Å²) in [7, 11) is 0. The van der Waals surface area contributed by atoms with E-state index in [1.165, 1.54) is 35.2 Å². The quantitative estimate of drug-likeness (QED) is 0.681. The Hall–Kier alpha value is -3.61. The molecule has 0 aliphatic heterocycles. The number of carbonyl (C=O) groups is 1. The molecule has 1 amide bonds. The molecule has 0 bridgehead atoms.